The summed E-state index contributed by atoms with van der Waals surface area (Å²) in [6.07, 6.45) is -0.442. The van der Waals surface area contributed by atoms with E-state index in [9.17, 15) is 9.18 Å². The Bertz CT molecular complexity index is 624. The van der Waals surface area contributed by atoms with Crippen molar-refractivity contribution in [2.75, 3.05) is 0 Å². The fourth-order valence-electron chi connectivity index (χ4n) is 2.21. The second kappa shape index (κ2) is 4.78. The zero-order valence-corrected chi connectivity index (χ0v) is 11.4. The average Bonchev–Trinajstić information content (AvgIpc) is 2.44. The van der Waals surface area contributed by atoms with E-state index in [1.54, 1.807) is 24.3 Å². The van der Waals surface area contributed by atoms with Crippen molar-refractivity contribution in [3.63, 3.8) is 0 Å². The molecule has 1 aliphatic heterocycles. The third-order valence-electron chi connectivity index (χ3n) is 3.18. The van der Waals surface area contributed by atoms with Crippen molar-refractivity contribution in [1.29, 1.82) is 0 Å². The summed E-state index contributed by atoms with van der Waals surface area (Å²) in [4.78, 5) is 11.8. The number of carbonyl (C=O) groups excluding carboxylic acids is 1. The van der Waals surface area contributed by atoms with Crippen LogP contribution >= 0.6 is 15.9 Å². The zero-order chi connectivity index (χ0) is 13.4. The highest BCUT2D eigenvalue weighted by Gasteiger charge is 2.34. The molecule has 0 aromatic heterocycles. The normalized spacial score (nSPS) is 21.7. The van der Waals surface area contributed by atoms with Gasteiger partial charge in [-0.3, -0.25) is 0 Å². The van der Waals surface area contributed by atoms with Gasteiger partial charge in [-0.2, -0.15) is 0 Å². The van der Waals surface area contributed by atoms with Gasteiger partial charge in [0, 0.05) is 0 Å². The largest absolute Gasteiger partial charge is 0.452 e. The van der Waals surface area contributed by atoms with Gasteiger partial charge in [-0.25, -0.2) is 9.18 Å². The average molecular weight is 321 g/mol. The van der Waals surface area contributed by atoms with Crippen LogP contribution in [0.3, 0.4) is 0 Å². The van der Waals surface area contributed by atoms with Crippen LogP contribution in [0.1, 0.15) is 32.4 Å². The number of alkyl halides is 1. The Morgan fingerprint density at radius 2 is 1.74 bits per heavy atom. The zero-order valence-electron chi connectivity index (χ0n) is 9.85. The van der Waals surface area contributed by atoms with Crippen LogP contribution in [0.15, 0.2) is 48.5 Å². The number of hydrogen-bond acceptors (Lipinski definition) is 2. The molecular formula is C15H10BrFO2. The van der Waals surface area contributed by atoms with Crippen molar-refractivity contribution in [2.24, 2.45) is 0 Å². The Labute approximate surface area is 118 Å². The second-order valence-corrected chi connectivity index (χ2v) is 5.35. The minimum atomic E-state index is -0.442. The van der Waals surface area contributed by atoms with Gasteiger partial charge in [0.15, 0.2) is 0 Å². The summed E-state index contributed by atoms with van der Waals surface area (Å²) < 4.78 is 18.4. The molecule has 0 unspecified atom stereocenters. The van der Waals surface area contributed by atoms with E-state index in [4.69, 9.17) is 4.74 Å². The first kappa shape index (κ1) is 12.4. The van der Waals surface area contributed by atoms with Gasteiger partial charge in [0.25, 0.3) is 0 Å². The summed E-state index contributed by atoms with van der Waals surface area (Å²) in [6, 6.07) is 13.3. The molecule has 2 atom stereocenters. The number of carbonyl (C=O) groups is 1. The highest BCUT2D eigenvalue weighted by atomic mass is 79.9. The number of fused-ring (bicyclic) bond motifs is 1. The number of cyclic esters (lactones) is 1. The molecule has 0 spiro atoms. The first-order chi connectivity index (χ1) is 9.16. The maximum Gasteiger partial charge on any atom is 0.339 e. The molecule has 0 aliphatic carbocycles. The fourth-order valence-corrected chi connectivity index (χ4v) is 3.03. The standard InChI is InChI=1S/C15H10BrFO2/c16-13-11-3-1-2-4-12(11)15(18)19-14(13)9-5-7-10(17)8-6-9/h1-8,13-14H/t13-,14+/m1/s1. The summed E-state index contributed by atoms with van der Waals surface area (Å²) in [6.45, 7) is 0. The van der Waals surface area contributed by atoms with Crippen LogP contribution < -0.4 is 0 Å². The number of halogens is 2. The van der Waals surface area contributed by atoms with Crippen LogP contribution in [-0.2, 0) is 4.74 Å². The summed E-state index contributed by atoms with van der Waals surface area (Å²) in [5.41, 5.74) is 2.24. The van der Waals surface area contributed by atoms with Crippen molar-refractivity contribution in [2.45, 2.75) is 10.9 Å². The van der Waals surface area contributed by atoms with Gasteiger partial charge in [-0.05, 0) is 29.3 Å². The molecule has 0 saturated heterocycles. The molecule has 1 aliphatic rings. The van der Waals surface area contributed by atoms with Crippen molar-refractivity contribution < 1.29 is 13.9 Å². The molecule has 19 heavy (non-hydrogen) atoms. The smallest absolute Gasteiger partial charge is 0.339 e. The summed E-state index contributed by atoms with van der Waals surface area (Å²) >= 11 is 3.57. The molecule has 96 valence electrons. The maximum absolute atomic E-state index is 12.9. The maximum atomic E-state index is 12.9. The molecule has 2 nitrogen and oxygen atoms in total. The Balaban J connectivity index is 2.02. The molecule has 0 amide bonds. The van der Waals surface area contributed by atoms with Gasteiger partial charge in [-0.1, -0.05) is 46.3 Å². The molecule has 4 heteroatoms. The van der Waals surface area contributed by atoms with E-state index >= 15 is 0 Å². The summed E-state index contributed by atoms with van der Waals surface area (Å²) in [7, 11) is 0. The van der Waals surface area contributed by atoms with E-state index in [0.29, 0.717) is 5.56 Å². The Morgan fingerprint density at radius 1 is 1.05 bits per heavy atom. The number of benzene rings is 2. The van der Waals surface area contributed by atoms with E-state index in [1.807, 2.05) is 12.1 Å². The quantitative estimate of drug-likeness (QED) is 0.582. The van der Waals surface area contributed by atoms with Gasteiger partial charge in [0.1, 0.15) is 11.9 Å². The van der Waals surface area contributed by atoms with E-state index < -0.39 is 6.10 Å². The van der Waals surface area contributed by atoms with E-state index in [1.165, 1.54) is 12.1 Å². The summed E-state index contributed by atoms with van der Waals surface area (Å²) in [5, 5.41) is 0. The van der Waals surface area contributed by atoms with E-state index in [0.717, 1.165) is 11.1 Å². The SMILES string of the molecule is O=C1O[C@@H](c2ccc(F)cc2)[C@H](Br)c2ccccc21. The van der Waals surface area contributed by atoms with Gasteiger partial charge in [0.05, 0.1) is 10.4 Å². The number of hydrogen-bond donors (Lipinski definition) is 0. The monoisotopic (exact) mass is 320 g/mol. The first-order valence-electron chi connectivity index (χ1n) is 5.86. The molecule has 2 aromatic carbocycles. The molecular weight excluding hydrogens is 311 g/mol. The van der Waals surface area contributed by atoms with Crippen molar-refractivity contribution >= 4 is 21.9 Å². The van der Waals surface area contributed by atoms with Gasteiger partial charge >= 0.3 is 5.97 Å². The van der Waals surface area contributed by atoms with Crippen molar-refractivity contribution in [3.05, 3.63) is 71.0 Å². The molecule has 0 fully saturated rings. The lowest BCUT2D eigenvalue weighted by atomic mass is 9.94. The highest BCUT2D eigenvalue weighted by molar-refractivity contribution is 9.09. The van der Waals surface area contributed by atoms with E-state index in [2.05, 4.69) is 15.9 Å². The number of esters is 1. The van der Waals surface area contributed by atoms with Gasteiger partial charge in [-0.15, -0.1) is 0 Å². The lowest BCUT2D eigenvalue weighted by molar-refractivity contribution is 0.0249. The predicted molar refractivity (Wildman–Crippen MR) is 72.7 cm³/mol. The predicted octanol–water partition coefficient (Wildman–Crippen LogP) is 4.17. The van der Waals surface area contributed by atoms with Crippen LogP contribution in [0.25, 0.3) is 0 Å². The lowest BCUT2D eigenvalue weighted by Gasteiger charge is -2.29. The van der Waals surface area contributed by atoms with Crippen LogP contribution in [0.2, 0.25) is 0 Å². The van der Waals surface area contributed by atoms with E-state index in [-0.39, 0.29) is 16.6 Å². The fraction of sp³-hybridized carbons (Fsp3) is 0.133. The van der Waals surface area contributed by atoms with Gasteiger partial charge in [0.2, 0.25) is 0 Å². The minimum absolute atomic E-state index is 0.133. The lowest BCUT2D eigenvalue weighted by Crippen LogP contribution is -2.23. The highest BCUT2D eigenvalue weighted by Crippen LogP contribution is 2.44. The number of ether oxygens (including phenoxy) is 1. The Kier molecular flexibility index (Phi) is 3.11. The summed E-state index contributed by atoms with van der Waals surface area (Å²) in [5.74, 6) is -0.655. The minimum Gasteiger partial charge on any atom is -0.452 e. The third-order valence-corrected chi connectivity index (χ3v) is 4.15. The molecule has 0 N–H and O–H groups in total. The van der Waals surface area contributed by atoms with Crippen LogP contribution in [0.4, 0.5) is 4.39 Å². The Morgan fingerprint density at radius 3 is 2.47 bits per heavy atom. The van der Waals surface area contributed by atoms with Crippen LogP contribution in [0.5, 0.6) is 0 Å². The number of rotatable bonds is 1. The van der Waals surface area contributed by atoms with Crippen LogP contribution in [-0.4, -0.2) is 5.97 Å². The van der Waals surface area contributed by atoms with Crippen molar-refractivity contribution in [1.82, 2.24) is 0 Å². The molecule has 1 heterocycles. The molecule has 3 rings (SSSR count). The van der Waals surface area contributed by atoms with Gasteiger partial charge < -0.3 is 4.74 Å². The second-order valence-electron chi connectivity index (χ2n) is 4.37. The molecule has 0 radical (unpaired) electrons. The Hall–Kier alpha value is -1.68. The topological polar surface area (TPSA) is 26.3 Å². The van der Waals surface area contributed by atoms with Crippen molar-refractivity contribution in [3.8, 4) is 0 Å². The molecule has 0 saturated carbocycles. The van der Waals surface area contributed by atoms with Crippen LogP contribution in [0, 0.1) is 5.82 Å². The first-order valence-corrected chi connectivity index (χ1v) is 6.78. The third kappa shape index (κ3) is 2.16. The molecule has 2 aromatic rings. The molecule has 0 bridgehead atoms.